The quantitative estimate of drug-likeness (QED) is 0.887. The van der Waals surface area contributed by atoms with Gasteiger partial charge in [0.25, 0.3) is 0 Å². The molecule has 2 bridgehead atoms. The van der Waals surface area contributed by atoms with E-state index in [1.165, 1.54) is 0 Å². The first-order valence-electron chi connectivity index (χ1n) is 7.01. The topological polar surface area (TPSA) is 79.3 Å². The molecule has 3 fully saturated rings. The number of aromatic nitrogens is 1. The Hall–Kier alpha value is -1.91. The van der Waals surface area contributed by atoms with Crippen molar-refractivity contribution in [2.24, 2.45) is 10.8 Å². The average Bonchev–Trinajstić information content (AvgIpc) is 2.50. The van der Waals surface area contributed by atoms with E-state index in [-0.39, 0.29) is 11.3 Å². The van der Waals surface area contributed by atoms with E-state index < -0.39 is 11.4 Å². The van der Waals surface area contributed by atoms with E-state index in [9.17, 15) is 14.7 Å². The van der Waals surface area contributed by atoms with E-state index in [0.717, 1.165) is 5.69 Å². The van der Waals surface area contributed by atoms with Gasteiger partial charge in [-0.3, -0.25) is 14.6 Å². The van der Waals surface area contributed by atoms with E-state index >= 15 is 0 Å². The zero-order valence-corrected chi connectivity index (χ0v) is 11.3. The molecule has 0 aromatic carbocycles. The maximum absolute atomic E-state index is 12.5. The molecule has 106 valence electrons. The van der Waals surface area contributed by atoms with Crippen LogP contribution in [0.1, 0.15) is 38.5 Å². The summed E-state index contributed by atoms with van der Waals surface area (Å²) in [5.41, 5.74) is -0.195. The molecule has 5 heteroatoms. The van der Waals surface area contributed by atoms with Crippen LogP contribution in [-0.4, -0.2) is 22.0 Å². The summed E-state index contributed by atoms with van der Waals surface area (Å²) >= 11 is 0. The molecule has 3 aliphatic carbocycles. The number of hydrogen-bond donors (Lipinski definition) is 2. The van der Waals surface area contributed by atoms with Gasteiger partial charge >= 0.3 is 5.97 Å². The molecule has 3 aliphatic rings. The van der Waals surface area contributed by atoms with Crippen molar-refractivity contribution < 1.29 is 14.7 Å². The van der Waals surface area contributed by atoms with Gasteiger partial charge in [-0.15, -0.1) is 0 Å². The number of rotatable bonds is 3. The Morgan fingerprint density at radius 1 is 1.00 bits per heavy atom. The van der Waals surface area contributed by atoms with Crippen LogP contribution in [-0.2, 0) is 9.59 Å². The number of nitrogens with zero attached hydrogens (tertiary/aromatic N) is 1. The normalized spacial score (nSPS) is 31.8. The lowest BCUT2D eigenvalue weighted by molar-refractivity contribution is -0.162. The van der Waals surface area contributed by atoms with Gasteiger partial charge in [0.15, 0.2) is 0 Å². The number of aliphatic carboxylic acids is 1. The number of carboxylic acids is 1. The Bertz CT molecular complexity index is 517. The van der Waals surface area contributed by atoms with Crippen LogP contribution in [0.2, 0.25) is 0 Å². The van der Waals surface area contributed by atoms with E-state index in [1.807, 2.05) is 0 Å². The van der Waals surface area contributed by atoms with Crippen LogP contribution in [0.4, 0.5) is 5.69 Å². The number of carboxylic acid groups (broad SMARTS) is 1. The third-order valence-electron chi connectivity index (χ3n) is 5.12. The van der Waals surface area contributed by atoms with Gasteiger partial charge in [0, 0.05) is 23.5 Å². The summed E-state index contributed by atoms with van der Waals surface area (Å²) < 4.78 is 0. The molecule has 0 unspecified atom stereocenters. The molecule has 0 atom stereocenters. The maximum Gasteiger partial charge on any atom is 0.309 e. The highest BCUT2D eigenvalue weighted by molar-refractivity contribution is 5.96. The Labute approximate surface area is 117 Å². The molecule has 0 aliphatic heterocycles. The van der Waals surface area contributed by atoms with Crippen LogP contribution < -0.4 is 5.32 Å². The number of carbonyl (C=O) groups is 2. The molecular weight excluding hydrogens is 256 g/mol. The van der Waals surface area contributed by atoms with Crippen LogP contribution in [0.3, 0.4) is 0 Å². The Balaban J connectivity index is 1.73. The highest BCUT2D eigenvalue weighted by Crippen LogP contribution is 2.57. The molecule has 1 amide bonds. The molecule has 4 rings (SSSR count). The van der Waals surface area contributed by atoms with Gasteiger partial charge < -0.3 is 10.4 Å². The van der Waals surface area contributed by atoms with Gasteiger partial charge in [-0.05, 0) is 50.7 Å². The highest BCUT2D eigenvalue weighted by atomic mass is 16.4. The van der Waals surface area contributed by atoms with E-state index in [4.69, 9.17) is 0 Å². The van der Waals surface area contributed by atoms with Gasteiger partial charge in [-0.2, -0.15) is 0 Å². The predicted molar refractivity (Wildman–Crippen MR) is 73.1 cm³/mol. The fourth-order valence-electron chi connectivity index (χ4n) is 3.55. The van der Waals surface area contributed by atoms with Crippen molar-refractivity contribution in [3.63, 3.8) is 0 Å². The van der Waals surface area contributed by atoms with Crippen molar-refractivity contribution in [2.45, 2.75) is 38.5 Å². The van der Waals surface area contributed by atoms with E-state index in [1.54, 1.807) is 24.5 Å². The number of hydrogen-bond acceptors (Lipinski definition) is 3. The van der Waals surface area contributed by atoms with Gasteiger partial charge in [0.1, 0.15) is 0 Å². The zero-order chi connectivity index (χ0) is 14.2. The standard InChI is InChI=1S/C15H18N2O3/c18-12(17-11-1-9-16-10-2-11)14-3-6-15(7-4-14,8-5-14)13(19)20/h1-2,9-10H,3-8H2,(H,19,20)(H,16,17,18). The van der Waals surface area contributed by atoms with Crippen molar-refractivity contribution in [1.29, 1.82) is 0 Å². The summed E-state index contributed by atoms with van der Waals surface area (Å²) in [6.45, 7) is 0. The van der Waals surface area contributed by atoms with Crippen LogP contribution in [0, 0.1) is 10.8 Å². The average molecular weight is 274 g/mol. The molecule has 0 radical (unpaired) electrons. The lowest BCUT2D eigenvalue weighted by atomic mass is 9.53. The lowest BCUT2D eigenvalue weighted by Gasteiger charge is -2.50. The molecular formula is C15H18N2O3. The summed E-state index contributed by atoms with van der Waals surface area (Å²) in [6, 6.07) is 3.53. The maximum atomic E-state index is 12.5. The Morgan fingerprint density at radius 2 is 1.50 bits per heavy atom. The van der Waals surface area contributed by atoms with Gasteiger partial charge in [-0.1, -0.05) is 0 Å². The molecule has 2 N–H and O–H groups in total. The van der Waals surface area contributed by atoms with Crippen molar-refractivity contribution in [1.82, 2.24) is 4.98 Å². The molecule has 1 aromatic heterocycles. The Kier molecular flexibility index (Phi) is 3.00. The summed E-state index contributed by atoms with van der Waals surface area (Å²) in [5.74, 6) is -0.664. The molecule has 20 heavy (non-hydrogen) atoms. The summed E-state index contributed by atoms with van der Waals surface area (Å²) in [6.07, 6.45) is 7.17. The molecule has 0 spiro atoms. The molecule has 1 aromatic rings. The number of carbonyl (C=O) groups excluding carboxylic acids is 1. The molecule has 5 nitrogen and oxygen atoms in total. The molecule has 3 saturated carbocycles. The molecule has 1 heterocycles. The second-order valence-electron chi connectivity index (χ2n) is 6.06. The molecule has 0 saturated heterocycles. The minimum atomic E-state index is -0.694. The SMILES string of the molecule is O=C(O)C12CCC(C(=O)Nc3ccncc3)(CC1)CC2. The first-order valence-corrected chi connectivity index (χ1v) is 7.01. The van der Waals surface area contributed by atoms with Crippen molar-refractivity contribution in [2.75, 3.05) is 5.32 Å². The fraction of sp³-hybridized carbons (Fsp3) is 0.533. The lowest BCUT2D eigenvalue weighted by Crippen LogP contribution is -2.50. The highest BCUT2D eigenvalue weighted by Gasteiger charge is 2.55. The monoisotopic (exact) mass is 274 g/mol. The van der Waals surface area contributed by atoms with E-state index in [0.29, 0.717) is 38.5 Å². The van der Waals surface area contributed by atoms with E-state index in [2.05, 4.69) is 10.3 Å². The van der Waals surface area contributed by atoms with Crippen LogP contribution >= 0.6 is 0 Å². The predicted octanol–water partition coefficient (Wildman–Crippen LogP) is 2.45. The van der Waals surface area contributed by atoms with Crippen molar-refractivity contribution >= 4 is 17.6 Å². The largest absolute Gasteiger partial charge is 0.481 e. The number of fused-ring (bicyclic) bond motifs is 3. The van der Waals surface area contributed by atoms with Crippen molar-refractivity contribution in [3.8, 4) is 0 Å². The van der Waals surface area contributed by atoms with Crippen LogP contribution in [0.15, 0.2) is 24.5 Å². The van der Waals surface area contributed by atoms with Gasteiger partial charge in [-0.25, -0.2) is 0 Å². The fourth-order valence-corrected chi connectivity index (χ4v) is 3.55. The summed E-state index contributed by atoms with van der Waals surface area (Å²) in [7, 11) is 0. The number of anilines is 1. The zero-order valence-electron chi connectivity index (χ0n) is 11.3. The van der Waals surface area contributed by atoms with Crippen LogP contribution in [0.25, 0.3) is 0 Å². The third kappa shape index (κ3) is 1.97. The Morgan fingerprint density at radius 3 is 2.00 bits per heavy atom. The van der Waals surface area contributed by atoms with Crippen LogP contribution in [0.5, 0.6) is 0 Å². The first kappa shape index (κ1) is 13.1. The number of amides is 1. The number of pyridine rings is 1. The second-order valence-corrected chi connectivity index (χ2v) is 6.06. The van der Waals surface area contributed by atoms with Crippen molar-refractivity contribution in [3.05, 3.63) is 24.5 Å². The third-order valence-corrected chi connectivity index (χ3v) is 5.12. The summed E-state index contributed by atoms with van der Waals surface area (Å²) in [4.78, 5) is 27.9. The van der Waals surface area contributed by atoms with Gasteiger partial charge in [0.05, 0.1) is 5.41 Å². The number of nitrogens with one attached hydrogen (secondary N) is 1. The van der Waals surface area contributed by atoms with Gasteiger partial charge in [0.2, 0.25) is 5.91 Å². The second kappa shape index (κ2) is 4.58. The minimum absolute atomic E-state index is 0.0300. The smallest absolute Gasteiger partial charge is 0.309 e. The minimum Gasteiger partial charge on any atom is -0.481 e. The first-order chi connectivity index (χ1) is 9.56. The summed E-state index contributed by atoms with van der Waals surface area (Å²) in [5, 5.41) is 12.3.